The van der Waals surface area contributed by atoms with Crippen LogP contribution in [0.3, 0.4) is 0 Å². The lowest BCUT2D eigenvalue weighted by Crippen LogP contribution is -2.74. The van der Waals surface area contributed by atoms with Crippen molar-refractivity contribution in [3.05, 3.63) is 206 Å². The summed E-state index contributed by atoms with van der Waals surface area (Å²) >= 11 is 0. The molecule has 0 spiro atoms. The van der Waals surface area contributed by atoms with Crippen molar-refractivity contribution in [2.24, 2.45) is 0 Å². The standard InChI is InChI=1S/C49H33N3Si/c50-34-35-27-32-46-43(33-35)41-21-10-12-23-44(41)51(46)37-28-30-40(31-29-37)53(38-17-6-2-7-18-38,39-19-8-3-9-20-39)48-26-14-25-47-49(48)42-22-11-13-24-45(42)52(47)36-15-4-1-5-16-36/h1-33H. The SMILES string of the molecule is N#Cc1ccc2c(c1)c1ccccc1n2-c1ccc([Si](c2ccccc2)(c2ccccc2)c2cccc3c2c2ccccc2n3-c2ccccc2)cc1. The first kappa shape index (κ1) is 30.9. The van der Waals surface area contributed by atoms with Gasteiger partial charge >= 0.3 is 0 Å². The van der Waals surface area contributed by atoms with Gasteiger partial charge in [-0.05, 0) is 81.4 Å². The van der Waals surface area contributed by atoms with Gasteiger partial charge in [-0.25, -0.2) is 0 Å². The van der Waals surface area contributed by atoms with E-state index in [2.05, 4.69) is 203 Å². The van der Waals surface area contributed by atoms with Gasteiger partial charge < -0.3 is 9.13 Å². The van der Waals surface area contributed by atoms with Crippen molar-refractivity contribution in [3.63, 3.8) is 0 Å². The average Bonchev–Trinajstić information content (AvgIpc) is 3.75. The van der Waals surface area contributed by atoms with E-state index >= 15 is 0 Å². The zero-order valence-electron chi connectivity index (χ0n) is 28.9. The summed E-state index contributed by atoms with van der Waals surface area (Å²) in [5, 5.41) is 19.8. The van der Waals surface area contributed by atoms with Crippen LogP contribution in [0.4, 0.5) is 0 Å². The number of para-hydroxylation sites is 3. The van der Waals surface area contributed by atoms with Crippen molar-refractivity contribution >= 4 is 72.4 Å². The third kappa shape index (κ3) is 4.65. The molecule has 3 nitrogen and oxygen atoms in total. The third-order valence-electron chi connectivity index (χ3n) is 10.9. The smallest absolute Gasteiger partial charge is 0.180 e. The van der Waals surface area contributed by atoms with Gasteiger partial charge in [0, 0.05) is 32.9 Å². The van der Waals surface area contributed by atoms with E-state index in [9.17, 15) is 5.26 Å². The molecule has 0 bridgehead atoms. The first-order valence-corrected chi connectivity index (χ1v) is 20.0. The van der Waals surface area contributed by atoms with Gasteiger partial charge in [-0.15, -0.1) is 0 Å². The second-order valence-corrected chi connectivity index (χ2v) is 17.4. The van der Waals surface area contributed by atoms with Crippen LogP contribution < -0.4 is 20.7 Å². The van der Waals surface area contributed by atoms with Crippen LogP contribution in [0.5, 0.6) is 0 Å². The molecule has 10 rings (SSSR count). The van der Waals surface area contributed by atoms with Gasteiger partial charge in [-0.2, -0.15) is 5.26 Å². The highest BCUT2D eigenvalue weighted by atomic mass is 28.3. The summed E-state index contributed by atoms with van der Waals surface area (Å²) in [6, 6.07) is 75.0. The molecule has 0 radical (unpaired) electrons. The topological polar surface area (TPSA) is 33.6 Å². The van der Waals surface area contributed by atoms with Gasteiger partial charge in [0.05, 0.1) is 33.7 Å². The van der Waals surface area contributed by atoms with Gasteiger partial charge in [0.1, 0.15) is 0 Å². The van der Waals surface area contributed by atoms with E-state index in [1.165, 1.54) is 42.6 Å². The summed E-state index contributed by atoms with van der Waals surface area (Å²) in [7, 11) is -2.96. The van der Waals surface area contributed by atoms with Crippen LogP contribution in [0, 0.1) is 11.3 Å². The fourth-order valence-electron chi connectivity index (χ4n) is 8.71. The summed E-state index contributed by atoms with van der Waals surface area (Å²) in [6.45, 7) is 0. The number of nitriles is 1. The van der Waals surface area contributed by atoms with Crippen molar-refractivity contribution < 1.29 is 0 Å². The molecule has 0 atom stereocenters. The minimum atomic E-state index is -2.96. The molecule has 0 aliphatic rings. The molecular formula is C49H33N3Si. The van der Waals surface area contributed by atoms with Gasteiger partial charge in [0.25, 0.3) is 0 Å². The molecule has 10 aromatic rings. The molecule has 0 unspecified atom stereocenters. The van der Waals surface area contributed by atoms with Crippen molar-refractivity contribution in [2.75, 3.05) is 0 Å². The third-order valence-corrected chi connectivity index (χ3v) is 15.7. The Hall–Kier alpha value is -6.93. The predicted molar refractivity (Wildman–Crippen MR) is 223 cm³/mol. The summed E-state index contributed by atoms with van der Waals surface area (Å²) in [4.78, 5) is 0. The maximum Gasteiger partial charge on any atom is 0.180 e. The molecule has 0 aliphatic heterocycles. The Morgan fingerprint density at radius 3 is 1.53 bits per heavy atom. The Morgan fingerprint density at radius 2 is 0.868 bits per heavy atom. The predicted octanol–water partition coefficient (Wildman–Crippen LogP) is 9.13. The number of benzene rings is 8. The van der Waals surface area contributed by atoms with Crippen LogP contribution in [0.15, 0.2) is 200 Å². The molecule has 248 valence electrons. The number of nitrogens with zero attached hydrogens (tertiary/aromatic N) is 3. The molecular weight excluding hydrogens is 659 g/mol. The molecule has 2 heterocycles. The number of hydrogen-bond donors (Lipinski definition) is 0. The van der Waals surface area contributed by atoms with Crippen molar-refractivity contribution in [3.8, 4) is 17.4 Å². The Morgan fingerprint density at radius 1 is 0.377 bits per heavy atom. The summed E-state index contributed by atoms with van der Waals surface area (Å²) in [5.74, 6) is 0. The monoisotopic (exact) mass is 691 g/mol. The van der Waals surface area contributed by atoms with Crippen LogP contribution in [0.25, 0.3) is 55.0 Å². The van der Waals surface area contributed by atoms with E-state index in [0.717, 1.165) is 33.2 Å². The second kappa shape index (κ2) is 12.4. The molecule has 4 heteroatoms. The Balaban J connectivity index is 1.29. The summed E-state index contributed by atoms with van der Waals surface area (Å²) in [5.41, 5.74) is 7.53. The largest absolute Gasteiger partial charge is 0.309 e. The maximum absolute atomic E-state index is 9.71. The molecule has 0 saturated carbocycles. The molecule has 0 amide bonds. The van der Waals surface area contributed by atoms with E-state index < -0.39 is 8.07 Å². The Labute approximate surface area is 308 Å². The molecule has 0 fully saturated rings. The van der Waals surface area contributed by atoms with Crippen LogP contribution in [-0.2, 0) is 0 Å². The first-order chi connectivity index (χ1) is 26.3. The summed E-state index contributed by atoms with van der Waals surface area (Å²) < 4.78 is 4.75. The summed E-state index contributed by atoms with van der Waals surface area (Å²) in [6.07, 6.45) is 0. The number of fused-ring (bicyclic) bond motifs is 6. The minimum Gasteiger partial charge on any atom is -0.309 e. The molecule has 8 aromatic carbocycles. The normalized spacial score (nSPS) is 11.8. The molecule has 0 saturated heterocycles. The van der Waals surface area contributed by atoms with E-state index in [-0.39, 0.29) is 0 Å². The minimum absolute atomic E-state index is 0.667. The highest BCUT2D eigenvalue weighted by Crippen LogP contribution is 2.34. The molecule has 0 aliphatic carbocycles. The Kier molecular flexibility index (Phi) is 7.21. The fourth-order valence-corrected chi connectivity index (χ4v) is 13.7. The highest BCUT2D eigenvalue weighted by molar-refractivity contribution is 7.20. The van der Waals surface area contributed by atoms with E-state index in [1.54, 1.807) is 0 Å². The highest BCUT2D eigenvalue weighted by Gasteiger charge is 2.43. The van der Waals surface area contributed by atoms with E-state index in [1.807, 2.05) is 12.1 Å². The molecule has 53 heavy (non-hydrogen) atoms. The van der Waals surface area contributed by atoms with Gasteiger partial charge in [0.2, 0.25) is 0 Å². The lowest BCUT2D eigenvalue weighted by molar-refractivity contribution is 1.18. The number of rotatable bonds is 6. The zero-order chi connectivity index (χ0) is 35.4. The lowest BCUT2D eigenvalue weighted by atomic mass is 10.1. The second-order valence-electron chi connectivity index (χ2n) is 13.6. The quantitative estimate of drug-likeness (QED) is 0.127. The van der Waals surface area contributed by atoms with Crippen LogP contribution in [0.1, 0.15) is 5.56 Å². The molecule has 2 aromatic heterocycles. The van der Waals surface area contributed by atoms with Crippen molar-refractivity contribution in [2.45, 2.75) is 0 Å². The fraction of sp³-hybridized carbons (Fsp3) is 0. The average molecular weight is 692 g/mol. The zero-order valence-corrected chi connectivity index (χ0v) is 29.9. The van der Waals surface area contributed by atoms with E-state index in [0.29, 0.717) is 5.56 Å². The maximum atomic E-state index is 9.71. The number of aromatic nitrogens is 2. The van der Waals surface area contributed by atoms with Crippen LogP contribution in [0.2, 0.25) is 0 Å². The number of hydrogen-bond acceptors (Lipinski definition) is 1. The van der Waals surface area contributed by atoms with Crippen molar-refractivity contribution in [1.82, 2.24) is 9.13 Å². The van der Waals surface area contributed by atoms with E-state index in [4.69, 9.17) is 0 Å². The Bertz CT molecular complexity index is 2950. The van der Waals surface area contributed by atoms with Gasteiger partial charge in [0.15, 0.2) is 8.07 Å². The van der Waals surface area contributed by atoms with Gasteiger partial charge in [-0.1, -0.05) is 140 Å². The van der Waals surface area contributed by atoms with Crippen molar-refractivity contribution in [1.29, 1.82) is 5.26 Å². The lowest BCUT2D eigenvalue weighted by Gasteiger charge is -2.35. The molecule has 0 N–H and O–H groups in total. The van der Waals surface area contributed by atoms with Gasteiger partial charge in [-0.3, -0.25) is 0 Å². The first-order valence-electron chi connectivity index (χ1n) is 18.0. The van der Waals surface area contributed by atoms with Crippen LogP contribution >= 0.6 is 0 Å². The van der Waals surface area contributed by atoms with Crippen LogP contribution in [-0.4, -0.2) is 17.2 Å².